The molecule has 0 spiro atoms. The van der Waals surface area contributed by atoms with Crippen molar-refractivity contribution in [3.05, 3.63) is 22.8 Å². The first-order chi connectivity index (χ1) is 8.22. The van der Waals surface area contributed by atoms with E-state index in [4.69, 9.17) is 16.3 Å². The van der Waals surface area contributed by atoms with Gasteiger partial charge in [-0.2, -0.15) is 0 Å². The summed E-state index contributed by atoms with van der Waals surface area (Å²) in [4.78, 5) is 18.1. The second-order valence-electron chi connectivity index (χ2n) is 4.06. The molecule has 0 aliphatic carbocycles. The van der Waals surface area contributed by atoms with Crippen molar-refractivity contribution in [2.75, 3.05) is 20.2 Å². The van der Waals surface area contributed by atoms with Gasteiger partial charge in [-0.05, 0) is 25.3 Å². The Hall–Kier alpha value is -1.29. The molecule has 0 N–H and O–H groups in total. The fourth-order valence-corrected chi connectivity index (χ4v) is 2.17. The average Bonchev–Trinajstić information content (AvgIpc) is 2.39. The molecule has 1 aromatic rings. The van der Waals surface area contributed by atoms with Gasteiger partial charge < -0.3 is 9.64 Å². The smallest absolute Gasteiger partial charge is 0.259 e. The van der Waals surface area contributed by atoms with Crippen molar-refractivity contribution in [2.24, 2.45) is 0 Å². The zero-order valence-electron chi connectivity index (χ0n) is 9.78. The molecule has 0 unspecified atom stereocenters. The summed E-state index contributed by atoms with van der Waals surface area (Å²) in [5, 5.41) is 0.450. The Morgan fingerprint density at radius 3 is 2.76 bits per heavy atom. The van der Waals surface area contributed by atoms with Crippen molar-refractivity contribution in [2.45, 2.75) is 19.3 Å². The number of methoxy groups -OCH3 is 1. The zero-order valence-corrected chi connectivity index (χ0v) is 10.5. The Labute approximate surface area is 106 Å². The van der Waals surface area contributed by atoms with Crippen LogP contribution < -0.4 is 4.74 Å². The lowest BCUT2D eigenvalue weighted by Crippen LogP contribution is -2.35. The Kier molecular flexibility index (Phi) is 3.84. The van der Waals surface area contributed by atoms with E-state index in [0.717, 1.165) is 25.9 Å². The van der Waals surface area contributed by atoms with Gasteiger partial charge in [0.2, 0.25) is 5.88 Å². The van der Waals surface area contributed by atoms with Crippen LogP contribution in [0.4, 0.5) is 0 Å². The molecule has 17 heavy (non-hydrogen) atoms. The minimum atomic E-state index is -0.0449. The third kappa shape index (κ3) is 2.69. The van der Waals surface area contributed by atoms with Crippen molar-refractivity contribution in [3.8, 4) is 5.88 Å². The highest BCUT2D eigenvalue weighted by atomic mass is 35.5. The summed E-state index contributed by atoms with van der Waals surface area (Å²) in [6, 6.07) is 1.62. The van der Waals surface area contributed by atoms with Crippen molar-refractivity contribution >= 4 is 17.5 Å². The second kappa shape index (κ2) is 5.36. The Morgan fingerprint density at radius 2 is 2.12 bits per heavy atom. The molecule has 1 fully saturated rings. The highest BCUT2D eigenvalue weighted by molar-refractivity contribution is 6.30. The first kappa shape index (κ1) is 12.2. The molecule has 0 atom stereocenters. The predicted molar refractivity (Wildman–Crippen MR) is 65.6 cm³/mol. The summed E-state index contributed by atoms with van der Waals surface area (Å²) < 4.78 is 5.10. The molecule has 4 nitrogen and oxygen atoms in total. The SMILES string of the molecule is COc1ncc(Cl)cc1C(=O)N1CCCCC1. The number of likely N-dealkylation sites (tertiary alicyclic amines) is 1. The van der Waals surface area contributed by atoms with Crippen LogP contribution in [0, 0.1) is 0 Å². The monoisotopic (exact) mass is 254 g/mol. The number of hydrogen-bond donors (Lipinski definition) is 0. The van der Waals surface area contributed by atoms with E-state index in [1.807, 2.05) is 4.90 Å². The number of carbonyl (C=O) groups is 1. The van der Waals surface area contributed by atoms with Crippen LogP contribution in [0.15, 0.2) is 12.3 Å². The molecule has 5 heteroatoms. The Bertz CT molecular complexity index is 417. The van der Waals surface area contributed by atoms with E-state index in [1.54, 1.807) is 6.07 Å². The molecule has 0 radical (unpaired) electrons. The van der Waals surface area contributed by atoms with E-state index in [0.29, 0.717) is 16.5 Å². The van der Waals surface area contributed by atoms with Gasteiger partial charge in [0, 0.05) is 19.3 Å². The van der Waals surface area contributed by atoms with Gasteiger partial charge in [-0.15, -0.1) is 0 Å². The minimum absolute atomic E-state index is 0.0449. The van der Waals surface area contributed by atoms with Gasteiger partial charge in [-0.1, -0.05) is 11.6 Å². The van der Waals surface area contributed by atoms with Crippen LogP contribution in [-0.4, -0.2) is 36.0 Å². The lowest BCUT2D eigenvalue weighted by Gasteiger charge is -2.27. The number of hydrogen-bond acceptors (Lipinski definition) is 3. The molecule has 92 valence electrons. The number of amides is 1. The summed E-state index contributed by atoms with van der Waals surface area (Å²) in [5.74, 6) is 0.293. The molecule has 2 heterocycles. The number of aromatic nitrogens is 1. The third-order valence-corrected chi connectivity index (χ3v) is 3.09. The molecule has 0 saturated carbocycles. The molecule has 0 bridgehead atoms. The molecule has 1 amide bonds. The molecule has 1 aliphatic rings. The van der Waals surface area contributed by atoms with Crippen LogP contribution in [-0.2, 0) is 0 Å². The molecule has 1 aliphatic heterocycles. The van der Waals surface area contributed by atoms with E-state index in [9.17, 15) is 4.79 Å². The summed E-state index contributed by atoms with van der Waals surface area (Å²) in [5.41, 5.74) is 0.446. The predicted octanol–water partition coefficient (Wildman–Crippen LogP) is 2.37. The van der Waals surface area contributed by atoms with Crippen LogP contribution in [0.5, 0.6) is 5.88 Å². The highest BCUT2D eigenvalue weighted by Gasteiger charge is 2.22. The third-order valence-electron chi connectivity index (χ3n) is 2.88. The number of halogens is 1. The van der Waals surface area contributed by atoms with Gasteiger partial charge in [-0.3, -0.25) is 4.79 Å². The Morgan fingerprint density at radius 1 is 1.41 bits per heavy atom. The van der Waals surface area contributed by atoms with Gasteiger partial charge in [0.05, 0.1) is 12.1 Å². The minimum Gasteiger partial charge on any atom is -0.480 e. The number of pyridine rings is 1. The van der Waals surface area contributed by atoms with Crippen LogP contribution in [0.2, 0.25) is 5.02 Å². The molecule has 2 rings (SSSR count). The van der Waals surface area contributed by atoms with E-state index in [-0.39, 0.29) is 5.91 Å². The first-order valence-corrected chi connectivity index (χ1v) is 6.09. The van der Waals surface area contributed by atoms with Gasteiger partial charge in [0.1, 0.15) is 5.56 Å². The van der Waals surface area contributed by atoms with Gasteiger partial charge in [0.25, 0.3) is 5.91 Å². The Balaban J connectivity index is 2.25. The van der Waals surface area contributed by atoms with Gasteiger partial charge >= 0.3 is 0 Å². The number of rotatable bonds is 2. The maximum absolute atomic E-state index is 12.3. The highest BCUT2D eigenvalue weighted by Crippen LogP contribution is 2.22. The van der Waals surface area contributed by atoms with E-state index < -0.39 is 0 Å². The maximum Gasteiger partial charge on any atom is 0.259 e. The molecule has 1 aromatic heterocycles. The molecule has 0 aromatic carbocycles. The van der Waals surface area contributed by atoms with Crippen LogP contribution in [0.25, 0.3) is 0 Å². The van der Waals surface area contributed by atoms with Crippen LogP contribution >= 0.6 is 11.6 Å². The normalized spacial score (nSPS) is 15.8. The number of piperidine rings is 1. The largest absolute Gasteiger partial charge is 0.480 e. The fourth-order valence-electron chi connectivity index (χ4n) is 2.01. The van der Waals surface area contributed by atoms with Crippen LogP contribution in [0.3, 0.4) is 0 Å². The van der Waals surface area contributed by atoms with E-state index in [1.165, 1.54) is 19.7 Å². The molecule has 1 saturated heterocycles. The zero-order chi connectivity index (χ0) is 12.3. The van der Waals surface area contributed by atoms with Crippen LogP contribution in [0.1, 0.15) is 29.6 Å². The van der Waals surface area contributed by atoms with Crippen molar-refractivity contribution in [1.82, 2.24) is 9.88 Å². The lowest BCUT2D eigenvalue weighted by atomic mass is 10.1. The molecular weight excluding hydrogens is 240 g/mol. The van der Waals surface area contributed by atoms with Crippen molar-refractivity contribution < 1.29 is 9.53 Å². The average molecular weight is 255 g/mol. The summed E-state index contributed by atoms with van der Waals surface area (Å²) in [6.45, 7) is 1.60. The van der Waals surface area contributed by atoms with E-state index >= 15 is 0 Å². The van der Waals surface area contributed by atoms with Crippen molar-refractivity contribution in [3.63, 3.8) is 0 Å². The van der Waals surface area contributed by atoms with E-state index in [2.05, 4.69) is 4.98 Å². The first-order valence-electron chi connectivity index (χ1n) is 5.71. The topological polar surface area (TPSA) is 42.4 Å². The maximum atomic E-state index is 12.3. The standard InChI is InChI=1S/C12H15ClN2O2/c1-17-11-10(7-9(13)8-14-11)12(16)15-5-3-2-4-6-15/h7-8H,2-6H2,1H3. The summed E-state index contributed by atoms with van der Waals surface area (Å²) >= 11 is 5.87. The van der Waals surface area contributed by atoms with Crippen molar-refractivity contribution in [1.29, 1.82) is 0 Å². The summed E-state index contributed by atoms with van der Waals surface area (Å²) in [7, 11) is 1.50. The number of nitrogens with zero attached hydrogens (tertiary/aromatic N) is 2. The summed E-state index contributed by atoms with van der Waals surface area (Å²) in [6.07, 6.45) is 4.78. The molecular formula is C12H15ClN2O2. The fraction of sp³-hybridized carbons (Fsp3) is 0.500. The quantitative estimate of drug-likeness (QED) is 0.814. The number of ether oxygens (including phenoxy) is 1. The second-order valence-corrected chi connectivity index (χ2v) is 4.50. The number of carbonyl (C=O) groups excluding carboxylic acids is 1. The van der Waals surface area contributed by atoms with Gasteiger partial charge in [0.15, 0.2) is 0 Å². The lowest BCUT2D eigenvalue weighted by molar-refractivity contribution is 0.0720. The van der Waals surface area contributed by atoms with Gasteiger partial charge in [-0.25, -0.2) is 4.98 Å².